The number of ether oxygens (including phenoxy) is 3. The van der Waals surface area contributed by atoms with Gasteiger partial charge in [0.15, 0.2) is 17.3 Å². The lowest BCUT2D eigenvalue weighted by Crippen LogP contribution is -2.49. The molecule has 0 saturated heterocycles. The zero-order valence-electron chi connectivity index (χ0n) is 17.8. The second-order valence-corrected chi connectivity index (χ2v) is 8.37. The van der Waals surface area contributed by atoms with Crippen molar-refractivity contribution in [3.63, 3.8) is 0 Å². The van der Waals surface area contributed by atoms with E-state index in [1.807, 2.05) is 24.3 Å². The highest BCUT2D eigenvalue weighted by Gasteiger charge is 2.37. The Morgan fingerprint density at radius 1 is 1.06 bits per heavy atom. The van der Waals surface area contributed by atoms with Crippen LogP contribution in [-0.4, -0.2) is 36.0 Å². The molecule has 1 atom stereocenters. The molecule has 1 aromatic heterocycles. The van der Waals surface area contributed by atoms with Crippen LogP contribution in [0.15, 0.2) is 59.2 Å². The molecule has 7 nitrogen and oxygen atoms in total. The van der Waals surface area contributed by atoms with Crippen LogP contribution in [0.3, 0.4) is 0 Å². The van der Waals surface area contributed by atoms with Crippen molar-refractivity contribution in [2.75, 3.05) is 13.2 Å². The molecule has 0 radical (unpaired) electrons. The van der Waals surface area contributed by atoms with Crippen molar-refractivity contribution in [1.82, 2.24) is 4.90 Å². The summed E-state index contributed by atoms with van der Waals surface area (Å²) in [6.45, 7) is 1.35. The van der Waals surface area contributed by atoms with E-state index in [0.717, 1.165) is 17.5 Å². The van der Waals surface area contributed by atoms with Crippen molar-refractivity contribution in [1.29, 1.82) is 0 Å². The van der Waals surface area contributed by atoms with Gasteiger partial charge in [0.05, 0.1) is 24.5 Å². The summed E-state index contributed by atoms with van der Waals surface area (Å²) in [6.07, 6.45) is 2.56. The number of rotatable bonds is 4. The molecule has 33 heavy (non-hydrogen) atoms. The van der Waals surface area contributed by atoms with Crippen LogP contribution >= 0.6 is 11.6 Å². The quantitative estimate of drug-likeness (QED) is 0.529. The Hall–Kier alpha value is -3.45. The Morgan fingerprint density at radius 3 is 2.70 bits per heavy atom. The third kappa shape index (κ3) is 4.41. The van der Waals surface area contributed by atoms with Crippen LogP contribution < -0.4 is 9.47 Å². The van der Waals surface area contributed by atoms with Crippen LogP contribution in [0.2, 0.25) is 5.02 Å². The van der Waals surface area contributed by atoms with Crippen molar-refractivity contribution in [3.8, 4) is 11.5 Å². The molecule has 0 N–H and O–H groups in total. The molecule has 3 heterocycles. The predicted molar refractivity (Wildman–Crippen MR) is 119 cm³/mol. The number of nitrogens with zero attached hydrogens (tertiary/aromatic N) is 1. The molecular weight excluding hydrogens is 446 g/mol. The monoisotopic (exact) mass is 467 g/mol. The van der Waals surface area contributed by atoms with Gasteiger partial charge in [-0.05, 0) is 41.0 Å². The maximum absolute atomic E-state index is 13.2. The molecule has 0 spiro atoms. The topological polar surface area (TPSA) is 78.2 Å². The summed E-state index contributed by atoms with van der Waals surface area (Å²) < 4.78 is 22.3. The first kappa shape index (κ1) is 21.4. The summed E-state index contributed by atoms with van der Waals surface area (Å²) in [4.78, 5) is 27.7. The minimum absolute atomic E-state index is 0.00385. The number of benzene rings is 2. The van der Waals surface area contributed by atoms with Crippen LogP contribution in [0.25, 0.3) is 0 Å². The number of amides is 1. The summed E-state index contributed by atoms with van der Waals surface area (Å²) >= 11 is 6.35. The van der Waals surface area contributed by atoms with Crippen molar-refractivity contribution in [2.24, 2.45) is 0 Å². The lowest BCUT2D eigenvalue weighted by atomic mass is 9.93. The first-order valence-corrected chi connectivity index (χ1v) is 11.1. The van der Waals surface area contributed by atoms with E-state index in [1.165, 1.54) is 11.2 Å². The van der Waals surface area contributed by atoms with Gasteiger partial charge in [0, 0.05) is 19.4 Å². The summed E-state index contributed by atoms with van der Waals surface area (Å²) in [6, 6.07) is 13.7. The Bertz CT molecular complexity index is 1180. The Morgan fingerprint density at radius 2 is 1.88 bits per heavy atom. The van der Waals surface area contributed by atoms with Gasteiger partial charge < -0.3 is 23.5 Å². The highest BCUT2D eigenvalue weighted by molar-refractivity contribution is 6.32. The highest BCUT2D eigenvalue weighted by atomic mass is 35.5. The Kier molecular flexibility index (Phi) is 5.96. The van der Waals surface area contributed by atoms with E-state index in [-0.39, 0.29) is 18.3 Å². The maximum atomic E-state index is 13.2. The summed E-state index contributed by atoms with van der Waals surface area (Å²) in [5.41, 5.74) is 2.69. The number of hydrogen-bond donors (Lipinski definition) is 0. The Balaban J connectivity index is 1.35. The van der Waals surface area contributed by atoms with Gasteiger partial charge in [0.1, 0.15) is 12.6 Å². The minimum Gasteiger partial charge on any atom is -0.489 e. The molecule has 2 aromatic carbocycles. The molecule has 2 aliphatic heterocycles. The van der Waals surface area contributed by atoms with E-state index >= 15 is 0 Å². The lowest BCUT2D eigenvalue weighted by molar-refractivity contribution is -0.151. The number of hydrogen-bond acceptors (Lipinski definition) is 6. The van der Waals surface area contributed by atoms with Crippen molar-refractivity contribution < 1.29 is 28.2 Å². The molecule has 0 saturated carbocycles. The van der Waals surface area contributed by atoms with Gasteiger partial charge >= 0.3 is 5.97 Å². The molecule has 5 rings (SSSR count). The standard InChI is InChI=1S/C25H22ClNO6/c26-19-11-16(12-22-23(19)32-10-4-9-31-22)15-33-25(29)20-13-17-5-1-2-6-18(17)14-27(20)24(28)21-7-3-8-30-21/h1-3,5-8,11-12,20H,4,9-10,13-15H2/t20-/m0/s1. The lowest BCUT2D eigenvalue weighted by Gasteiger charge is -2.34. The molecule has 0 bridgehead atoms. The first-order valence-electron chi connectivity index (χ1n) is 10.8. The van der Waals surface area contributed by atoms with Crippen LogP contribution in [0, 0.1) is 0 Å². The minimum atomic E-state index is -0.770. The molecule has 170 valence electrons. The van der Waals surface area contributed by atoms with Crippen molar-refractivity contribution in [3.05, 3.63) is 82.3 Å². The van der Waals surface area contributed by atoms with Gasteiger partial charge in [0.2, 0.25) is 0 Å². The summed E-state index contributed by atoms with van der Waals surface area (Å²) in [5.74, 6) is 0.375. The van der Waals surface area contributed by atoms with Crippen LogP contribution in [0.5, 0.6) is 11.5 Å². The number of carbonyl (C=O) groups is 2. The summed E-state index contributed by atoms with van der Waals surface area (Å²) in [7, 11) is 0. The van der Waals surface area contributed by atoms with E-state index in [9.17, 15) is 9.59 Å². The van der Waals surface area contributed by atoms with Gasteiger partial charge in [0.25, 0.3) is 5.91 Å². The van der Waals surface area contributed by atoms with E-state index in [4.69, 9.17) is 30.2 Å². The average molecular weight is 468 g/mol. The largest absolute Gasteiger partial charge is 0.489 e. The van der Waals surface area contributed by atoms with Gasteiger partial charge in [-0.3, -0.25) is 4.79 Å². The summed E-state index contributed by atoms with van der Waals surface area (Å²) in [5, 5.41) is 0.404. The fourth-order valence-electron chi connectivity index (χ4n) is 4.11. The van der Waals surface area contributed by atoms with Crippen molar-refractivity contribution >= 4 is 23.5 Å². The van der Waals surface area contributed by atoms with Gasteiger partial charge in [-0.1, -0.05) is 35.9 Å². The fourth-order valence-corrected chi connectivity index (χ4v) is 4.39. The highest BCUT2D eigenvalue weighted by Crippen LogP contribution is 2.38. The molecule has 8 heteroatoms. The van der Waals surface area contributed by atoms with Crippen LogP contribution in [0.4, 0.5) is 0 Å². The van der Waals surface area contributed by atoms with Crippen molar-refractivity contribution in [2.45, 2.75) is 32.0 Å². The second kappa shape index (κ2) is 9.19. The normalized spacial score (nSPS) is 17.1. The zero-order valence-corrected chi connectivity index (χ0v) is 18.5. The predicted octanol–water partition coefficient (Wildman–Crippen LogP) is 4.40. The molecule has 0 unspecified atom stereocenters. The Labute approximate surface area is 195 Å². The number of halogens is 1. The molecule has 2 aliphatic rings. The van der Waals surface area contributed by atoms with Crippen LogP contribution in [-0.2, 0) is 29.1 Å². The van der Waals surface area contributed by atoms with Gasteiger partial charge in [-0.25, -0.2) is 4.79 Å². The van der Waals surface area contributed by atoms with E-state index < -0.39 is 12.0 Å². The average Bonchev–Trinajstić information content (AvgIpc) is 3.27. The van der Waals surface area contributed by atoms with E-state index in [0.29, 0.717) is 48.3 Å². The number of esters is 1. The smallest absolute Gasteiger partial charge is 0.329 e. The molecule has 3 aromatic rings. The third-order valence-electron chi connectivity index (χ3n) is 5.76. The third-order valence-corrected chi connectivity index (χ3v) is 6.04. The molecular formula is C25H22ClNO6. The SMILES string of the molecule is O=C(OCc1cc(Cl)c2c(c1)OCCCO2)[C@@H]1Cc2ccccc2CN1C(=O)c1ccco1. The van der Waals surface area contributed by atoms with Crippen LogP contribution in [0.1, 0.15) is 33.7 Å². The van der Waals surface area contributed by atoms with Gasteiger partial charge in [-0.2, -0.15) is 0 Å². The first-order chi connectivity index (χ1) is 16.1. The van der Waals surface area contributed by atoms with E-state index in [2.05, 4.69) is 0 Å². The van der Waals surface area contributed by atoms with Gasteiger partial charge in [-0.15, -0.1) is 0 Å². The zero-order chi connectivity index (χ0) is 22.8. The molecule has 0 fully saturated rings. The molecule has 0 aliphatic carbocycles. The van der Waals surface area contributed by atoms with E-state index in [1.54, 1.807) is 24.3 Å². The number of fused-ring (bicyclic) bond motifs is 2. The fraction of sp³-hybridized carbons (Fsp3) is 0.280. The second-order valence-electron chi connectivity index (χ2n) is 7.96. The maximum Gasteiger partial charge on any atom is 0.329 e. The number of carbonyl (C=O) groups excluding carboxylic acids is 2. The number of furan rings is 1. The molecule has 1 amide bonds.